The van der Waals surface area contributed by atoms with Crippen molar-refractivity contribution in [2.75, 3.05) is 14.2 Å². The van der Waals surface area contributed by atoms with E-state index in [-0.39, 0.29) is 24.6 Å². The van der Waals surface area contributed by atoms with E-state index in [0.717, 1.165) is 16.0 Å². The maximum absolute atomic E-state index is 13.0. The van der Waals surface area contributed by atoms with E-state index < -0.39 is 0 Å². The summed E-state index contributed by atoms with van der Waals surface area (Å²) in [7, 11) is 3.14. The van der Waals surface area contributed by atoms with Gasteiger partial charge in [-0.1, -0.05) is 6.07 Å². The zero-order valence-electron chi connectivity index (χ0n) is 16.4. The molecule has 9 heteroatoms. The van der Waals surface area contributed by atoms with Gasteiger partial charge in [-0.3, -0.25) is 14.2 Å². The number of thiophene rings is 2. The smallest absolute Gasteiger partial charge is 0.263 e. The van der Waals surface area contributed by atoms with Crippen molar-refractivity contribution >= 4 is 38.8 Å². The number of hydrogen-bond donors (Lipinski definition) is 1. The van der Waals surface area contributed by atoms with Crippen molar-refractivity contribution in [3.8, 4) is 21.9 Å². The van der Waals surface area contributed by atoms with E-state index in [1.807, 2.05) is 29.0 Å². The summed E-state index contributed by atoms with van der Waals surface area (Å²) < 4.78 is 11.9. The Morgan fingerprint density at radius 3 is 2.80 bits per heavy atom. The van der Waals surface area contributed by atoms with Crippen molar-refractivity contribution in [2.45, 2.75) is 13.1 Å². The molecule has 154 valence electrons. The first-order chi connectivity index (χ1) is 14.6. The highest BCUT2D eigenvalue weighted by Gasteiger charge is 2.15. The second-order valence-corrected chi connectivity index (χ2v) is 8.24. The largest absolute Gasteiger partial charge is 0.497 e. The van der Waals surface area contributed by atoms with E-state index in [1.165, 1.54) is 22.2 Å². The third kappa shape index (κ3) is 3.94. The third-order valence-corrected chi connectivity index (χ3v) is 6.42. The quantitative estimate of drug-likeness (QED) is 0.475. The van der Waals surface area contributed by atoms with Crippen LogP contribution >= 0.6 is 22.7 Å². The van der Waals surface area contributed by atoms with Crippen LogP contribution in [0.2, 0.25) is 0 Å². The van der Waals surface area contributed by atoms with Crippen molar-refractivity contribution in [2.24, 2.45) is 0 Å². The molecular formula is C21H19N3O4S2. The predicted molar refractivity (Wildman–Crippen MR) is 119 cm³/mol. The highest BCUT2D eigenvalue weighted by atomic mass is 32.1. The molecule has 0 unspecified atom stereocenters. The van der Waals surface area contributed by atoms with E-state index in [2.05, 4.69) is 10.3 Å². The molecule has 0 saturated heterocycles. The number of aromatic nitrogens is 2. The van der Waals surface area contributed by atoms with E-state index >= 15 is 0 Å². The molecule has 1 aromatic carbocycles. The molecule has 3 aromatic heterocycles. The predicted octanol–water partition coefficient (Wildman–Crippen LogP) is 3.52. The first-order valence-corrected chi connectivity index (χ1v) is 10.8. The van der Waals surface area contributed by atoms with E-state index in [0.29, 0.717) is 21.7 Å². The molecule has 3 heterocycles. The van der Waals surface area contributed by atoms with Crippen molar-refractivity contribution in [3.05, 3.63) is 63.3 Å². The molecule has 4 rings (SSSR count). The second-order valence-electron chi connectivity index (χ2n) is 6.44. The summed E-state index contributed by atoms with van der Waals surface area (Å²) in [5.41, 5.74) is 1.45. The number of methoxy groups -OCH3 is 2. The van der Waals surface area contributed by atoms with Crippen LogP contribution in [0.3, 0.4) is 0 Å². The van der Waals surface area contributed by atoms with Gasteiger partial charge in [0.15, 0.2) is 0 Å². The fourth-order valence-electron chi connectivity index (χ4n) is 3.10. The molecule has 0 aliphatic heterocycles. The summed E-state index contributed by atoms with van der Waals surface area (Å²) >= 11 is 2.99. The Labute approximate surface area is 180 Å². The Morgan fingerprint density at radius 2 is 2.07 bits per heavy atom. The van der Waals surface area contributed by atoms with Gasteiger partial charge in [-0.15, -0.1) is 22.7 Å². The van der Waals surface area contributed by atoms with Crippen LogP contribution in [0, 0.1) is 0 Å². The number of ether oxygens (including phenoxy) is 2. The first-order valence-electron chi connectivity index (χ1n) is 9.09. The molecule has 0 bridgehead atoms. The van der Waals surface area contributed by atoms with Crippen molar-refractivity contribution in [1.82, 2.24) is 14.9 Å². The molecule has 1 N–H and O–H groups in total. The minimum absolute atomic E-state index is 0.111. The molecule has 30 heavy (non-hydrogen) atoms. The maximum atomic E-state index is 13.0. The number of hydrogen-bond acceptors (Lipinski definition) is 7. The van der Waals surface area contributed by atoms with Gasteiger partial charge in [0.25, 0.3) is 5.56 Å². The lowest BCUT2D eigenvalue weighted by atomic mass is 10.2. The van der Waals surface area contributed by atoms with Gasteiger partial charge in [0, 0.05) is 34.0 Å². The monoisotopic (exact) mass is 441 g/mol. The highest BCUT2D eigenvalue weighted by molar-refractivity contribution is 7.18. The van der Waals surface area contributed by atoms with Gasteiger partial charge in [-0.25, -0.2) is 4.98 Å². The van der Waals surface area contributed by atoms with Crippen molar-refractivity contribution in [3.63, 3.8) is 0 Å². The number of nitrogens with zero attached hydrogens (tertiary/aromatic N) is 2. The lowest BCUT2D eigenvalue weighted by Gasteiger charge is -2.12. The Hall–Kier alpha value is -3.17. The zero-order chi connectivity index (χ0) is 21.1. The average molecular weight is 442 g/mol. The van der Waals surface area contributed by atoms with Crippen LogP contribution < -0.4 is 20.3 Å². The molecule has 0 spiro atoms. The van der Waals surface area contributed by atoms with Crippen LogP contribution in [0.5, 0.6) is 11.5 Å². The number of amides is 1. The van der Waals surface area contributed by atoms with Crippen LogP contribution in [0.4, 0.5) is 0 Å². The van der Waals surface area contributed by atoms with Gasteiger partial charge in [0.1, 0.15) is 22.9 Å². The number of benzene rings is 1. The molecule has 1 amide bonds. The van der Waals surface area contributed by atoms with Gasteiger partial charge < -0.3 is 14.8 Å². The highest BCUT2D eigenvalue weighted by Crippen LogP contribution is 2.33. The number of fused-ring (bicyclic) bond motifs is 1. The van der Waals surface area contributed by atoms with Crippen molar-refractivity contribution in [1.29, 1.82) is 0 Å². The Kier molecular flexibility index (Phi) is 5.82. The summed E-state index contributed by atoms with van der Waals surface area (Å²) in [6.45, 7) is 0.162. The van der Waals surface area contributed by atoms with Gasteiger partial charge in [-0.05, 0) is 23.6 Å². The van der Waals surface area contributed by atoms with Crippen LogP contribution in [-0.4, -0.2) is 29.7 Å². The molecule has 0 saturated carbocycles. The molecule has 0 atom stereocenters. The van der Waals surface area contributed by atoms with E-state index in [4.69, 9.17) is 9.47 Å². The minimum Gasteiger partial charge on any atom is -0.497 e. The molecule has 0 fully saturated rings. The third-order valence-electron chi connectivity index (χ3n) is 4.63. The number of rotatable bonds is 7. The molecule has 0 aliphatic carbocycles. The standard InChI is InChI=1S/C21H19N3O4S2/c1-27-14-6-5-13(16(8-14)28-2)9-22-18(25)10-24-12-23-20-19(21(24)26)15(11-30-20)17-4-3-7-29-17/h3-8,11-12H,9-10H2,1-2H3,(H,22,25). The SMILES string of the molecule is COc1ccc(CNC(=O)Cn2cnc3scc(-c4cccs4)c3c2=O)c(OC)c1. The number of nitrogens with one attached hydrogen (secondary N) is 1. The van der Waals surface area contributed by atoms with Crippen LogP contribution in [0.15, 0.2) is 52.2 Å². The second kappa shape index (κ2) is 8.68. The summed E-state index contributed by atoms with van der Waals surface area (Å²) in [4.78, 5) is 31.5. The molecule has 7 nitrogen and oxygen atoms in total. The Balaban J connectivity index is 1.52. The van der Waals surface area contributed by atoms with Crippen LogP contribution in [-0.2, 0) is 17.9 Å². The summed E-state index contributed by atoms with van der Waals surface area (Å²) in [6.07, 6.45) is 1.42. The lowest BCUT2D eigenvalue weighted by Crippen LogP contribution is -2.32. The van der Waals surface area contributed by atoms with Crippen LogP contribution in [0.25, 0.3) is 20.7 Å². The van der Waals surface area contributed by atoms with Gasteiger partial charge in [-0.2, -0.15) is 0 Å². The molecule has 0 aliphatic rings. The van der Waals surface area contributed by atoms with Crippen LogP contribution in [0.1, 0.15) is 5.56 Å². The zero-order valence-corrected chi connectivity index (χ0v) is 18.0. The fourth-order valence-corrected chi connectivity index (χ4v) is 4.82. The van der Waals surface area contributed by atoms with Gasteiger partial charge >= 0.3 is 0 Å². The van der Waals surface area contributed by atoms with Crippen molar-refractivity contribution < 1.29 is 14.3 Å². The Morgan fingerprint density at radius 1 is 1.20 bits per heavy atom. The maximum Gasteiger partial charge on any atom is 0.263 e. The number of carbonyl (C=O) groups is 1. The topological polar surface area (TPSA) is 82.5 Å². The average Bonchev–Trinajstić information content (AvgIpc) is 3.44. The first kappa shape index (κ1) is 20.1. The molecule has 0 radical (unpaired) electrons. The van der Waals surface area contributed by atoms with E-state index in [1.54, 1.807) is 37.7 Å². The normalized spacial score (nSPS) is 10.9. The number of carbonyl (C=O) groups excluding carboxylic acids is 1. The molecule has 4 aromatic rings. The summed E-state index contributed by atoms with van der Waals surface area (Å²) in [6, 6.07) is 9.30. The minimum atomic E-state index is -0.288. The van der Waals surface area contributed by atoms with Gasteiger partial charge in [0.2, 0.25) is 5.91 Å². The Bertz CT molecular complexity index is 1250. The lowest BCUT2D eigenvalue weighted by molar-refractivity contribution is -0.121. The van der Waals surface area contributed by atoms with Gasteiger partial charge in [0.05, 0.1) is 25.9 Å². The van der Waals surface area contributed by atoms with E-state index in [9.17, 15) is 9.59 Å². The summed E-state index contributed by atoms with van der Waals surface area (Å²) in [5, 5.41) is 7.28. The summed E-state index contributed by atoms with van der Waals surface area (Å²) in [5.74, 6) is 1.00. The molecular weight excluding hydrogens is 422 g/mol. The fraction of sp³-hybridized carbons (Fsp3) is 0.190.